The van der Waals surface area contributed by atoms with Gasteiger partial charge in [0.15, 0.2) is 0 Å². The van der Waals surface area contributed by atoms with Crippen LogP contribution in [0.1, 0.15) is 22.0 Å². The number of thiophene rings is 1. The number of nitrogens with zero attached hydrogens (tertiary/aromatic N) is 5. The second-order valence-corrected chi connectivity index (χ2v) is 9.74. The van der Waals surface area contributed by atoms with Crippen LogP contribution in [0.4, 0.5) is 16.6 Å². The van der Waals surface area contributed by atoms with E-state index in [4.69, 9.17) is 9.72 Å². The van der Waals surface area contributed by atoms with Crippen molar-refractivity contribution in [3.63, 3.8) is 0 Å². The van der Waals surface area contributed by atoms with Gasteiger partial charge in [0.25, 0.3) is 5.91 Å². The van der Waals surface area contributed by atoms with Gasteiger partial charge in [-0.2, -0.15) is 5.10 Å². The fourth-order valence-electron chi connectivity index (χ4n) is 4.55. The first kappa shape index (κ1) is 22.4. The Hall–Kier alpha value is -4.02. The first-order valence-electron chi connectivity index (χ1n) is 11.7. The Balaban J connectivity index is 1.26. The topological polar surface area (TPSA) is 99.3 Å². The van der Waals surface area contributed by atoms with Gasteiger partial charge in [-0.1, -0.05) is 18.2 Å². The molecule has 0 saturated carbocycles. The molecule has 1 amide bonds. The van der Waals surface area contributed by atoms with Crippen LogP contribution in [-0.4, -0.2) is 59.9 Å². The number of hydrogen-bond donors (Lipinski definition) is 2. The number of fused-ring (bicyclic) bond motifs is 2. The van der Waals surface area contributed by atoms with Gasteiger partial charge in [-0.05, 0) is 35.9 Å². The molecule has 0 bridgehead atoms. The van der Waals surface area contributed by atoms with E-state index in [0.717, 1.165) is 43.9 Å². The highest BCUT2D eigenvalue weighted by Crippen LogP contribution is 2.36. The van der Waals surface area contributed by atoms with Gasteiger partial charge in [-0.3, -0.25) is 9.89 Å². The number of hydrogen-bond acceptors (Lipinski definition) is 8. The van der Waals surface area contributed by atoms with Gasteiger partial charge in [0.1, 0.15) is 6.10 Å². The number of H-pyrrole nitrogens is 1. The SMILES string of the molecule is CNC(=O)c1cccc(N(C)c2cc3nc(N4CCOC(c5cccc6[nH]ncc56)C4)ncc3s2)c1. The molecule has 1 aliphatic rings. The summed E-state index contributed by atoms with van der Waals surface area (Å²) in [5.74, 6) is 0.591. The third-order valence-electron chi connectivity index (χ3n) is 6.51. The Morgan fingerprint density at radius 2 is 2.11 bits per heavy atom. The maximum atomic E-state index is 12.1. The zero-order valence-electron chi connectivity index (χ0n) is 19.9. The third kappa shape index (κ3) is 4.04. The summed E-state index contributed by atoms with van der Waals surface area (Å²) < 4.78 is 7.14. The van der Waals surface area contributed by atoms with Crippen molar-refractivity contribution in [1.82, 2.24) is 25.5 Å². The smallest absolute Gasteiger partial charge is 0.251 e. The Labute approximate surface area is 211 Å². The van der Waals surface area contributed by atoms with Crippen molar-refractivity contribution in [2.75, 3.05) is 43.6 Å². The van der Waals surface area contributed by atoms with Crippen LogP contribution in [0, 0.1) is 0 Å². The molecule has 2 N–H and O–H groups in total. The average molecular weight is 500 g/mol. The van der Waals surface area contributed by atoms with Crippen molar-refractivity contribution < 1.29 is 9.53 Å². The fourth-order valence-corrected chi connectivity index (χ4v) is 5.50. The number of aromatic nitrogens is 4. The zero-order valence-corrected chi connectivity index (χ0v) is 20.7. The molecular formula is C26H25N7O2S. The fraction of sp³-hybridized carbons (Fsp3) is 0.231. The molecule has 1 aliphatic heterocycles. The van der Waals surface area contributed by atoms with Crippen LogP contribution in [0.5, 0.6) is 0 Å². The number of carbonyl (C=O) groups excluding carboxylic acids is 1. The Morgan fingerprint density at radius 1 is 1.22 bits per heavy atom. The predicted octanol–water partition coefficient (Wildman–Crippen LogP) is 4.27. The van der Waals surface area contributed by atoms with Gasteiger partial charge in [0.2, 0.25) is 5.95 Å². The van der Waals surface area contributed by atoms with E-state index in [-0.39, 0.29) is 12.0 Å². The summed E-state index contributed by atoms with van der Waals surface area (Å²) in [5.41, 5.74) is 4.57. The summed E-state index contributed by atoms with van der Waals surface area (Å²) in [6.45, 7) is 1.99. The summed E-state index contributed by atoms with van der Waals surface area (Å²) in [7, 11) is 3.63. The van der Waals surface area contributed by atoms with Crippen molar-refractivity contribution in [3.05, 3.63) is 72.1 Å². The quantitative estimate of drug-likeness (QED) is 0.373. The normalized spacial score (nSPS) is 15.9. The second kappa shape index (κ2) is 9.21. The number of benzene rings is 2. The van der Waals surface area contributed by atoms with Crippen molar-refractivity contribution in [1.29, 1.82) is 0 Å². The summed E-state index contributed by atoms with van der Waals surface area (Å²) >= 11 is 1.62. The molecule has 182 valence electrons. The number of morpholine rings is 1. The highest BCUT2D eigenvalue weighted by atomic mass is 32.1. The third-order valence-corrected chi connectivity index (χ3v) is 7.65. The molecule has 2 aromatic carbocycles. The molecule has 9 nitrogen and oxygen atoms in total. The van der Waals surface area contributed by atoms with Crippen LogP contribution in [0.3, 0.4) is 0 Å². The molecule has 1 fully saturated rings. The molecule has 1 atom stereocenters. The Kier molecular flexibility index (Phi) is 5.74. The lowest BCUT2D eigenvalue weighted by molar-refractivity contribution is 0.0402. The minimum absolute atomic E-state index is 0.0869. The first-order chi connectivity index (χ1) is 17.6. The maximum Gasteiger partial charge on any atom is 0.251 e. The number of amides is 1. The summed E-state index contributed by atoms with van der Waals surface area (Å²) in [6, 6.07) is 15.8. The molecule has 3 aromatic heterocycles. The predicted molar refractivity (Wildman–Crippen MR) is 142 cm³/mol. The van der Waals surface area contributed by atoms with E-state index in [1.807, 2.05) is 55.8 Å². The monoisotopic (exact) mass is 499 g/mol. The van der Waals surface area contributed by atoms with Crippen LogP contribution in [0.2, 0.25) is 0 Å². The lowest BCUT2D eigenvalue weighted by Crippen LogP contribution is -2.39. The van der Waals surface area contributed by atoms with Gasteiger partial charge >= 0.3 is 0 Å². The first-order valence-corrected chi connectivity index (χ1v) is 12.5. The van der Waals surface area contributed by atoms with Crippen LogP contribution >= 0.6 is 11.3 Å². The number of carbonyl (C=O) groups is 1. The number of aromatic amines is 1. The molecule has 10 heteroatoms. The van der Waals surface area contributed by atoms with E-state index >= 15 is 0 Å². The van der Waals surface area contributed by atoms with Crippen molar-refractivity contribution in [2.45, 2.75) is 6.10 Å². The Morgan fingerprint density at radius 3 is 3.00 bits per heavy atom. The van der Waals surface area contributed by atoms with E-state index in [0.29, 0.717) is 24.7 Å². The summed E-state index contributed by atoms with van der Waals surface area (Å²) in [6.07, 6.45) is 3.65. The largest absolute Gasteiger partial charge is 0.370 e. The average Bonchev–Trinajstić information content (AvgIpc) is 3.59. The molecule has 0 spiro atoms. The maximum absolute atomic E-state index is 12.1. The van der Waals surface area contributed by atoms with E-state index in [1.165, 1.54) is 0 Å². The number of ether oxygens (including phenoxy) is 1. The van der Waals surface area contributed by atoms with Gasteiger partial charge in [-0.25, -0.2) is 9.97 Å². The minimum atomic E-state index is -0.107. The van der Waals surface area contributed by atoms with Gasteiger partial charge in [0, 0.05) is 37.3 Å². The molecule has 4 heterocycles. The van der Waals surface area contributed by atoms with Crippen LogP contribution in [0.25, 0.3) is 21.1 Å². The molecule has 1 unspecified atom stereocenters. The van der Waals surface area contributed by atoms with Crippen molar-refractivity contribution in [3.8, 4) is 0 Å². The van der Waals surface area contributed by atoms with Crippen LogP contribution in [-0.2, 0) is 4.74 Å². The molecular weight excluding hydrogens is 474 g/mol. The minimum Gasteiger partial charge on any atom is -0.370 e. The summed E-state index contributed by atoms with van der Waals surface area (Å²) in [4.78, 5) is 25.9. The molecule has 6 rings (SSSR count). The molecule has 0 radical (unpaired) electrons. The summed E-state index contributed by atoms with van der Waals surface area (Å²) in [5, 5.41) is 12.0. The number of anilines is 3. The van der Waals surface area contributed by atoms with Crippen LogP contribution < -0.4 is 15.1 Å². The van der Waals surface area contributed by atoms with E-state index in [9.17, 15) is 4.79 Å². The van der Waals surface area contributed by atoms with E-state index in [1.54, 1.807) is 18.4 Å². The number of rotatable bonds is 5. The standard InChI is InChI=1S/C26H25N7O2S/c1-27-25(34)16-5-3-6-17(11-16)32(2)24-12-21-23(36-24)14-28-26(30-21)33-9-10-35-22(15-33)18-7-4-8-20-19(18)13-29-31-20/h3-8,11-14,22H,9-10,15H2,1-2H3,(H,27,34)(H,29,31). The van der Waals surface area contributed by atoms with E-state index < -0.39 is 0 Å². The highest BCUT2D eigenvalue weighted by molar-refractivity contribution is 7.22. The molecule has 1 saturated heterocycles. The molecule has 36 heavy (non-hydrogen) atoms. The highest BCUT2D eigenvalue weighted by Gasteiger charge is 2.26. The van der Waals surface area contributed by atoms with Crippen LogP contribution in [0.15, 0.2) is 60.9 Å². The van der Waals surface area contributed by atoms with Gasteiger partial charge < -0.3 is 19.9 Å². The molecule has 5 aromatic rings. The zero-order chi connectivity index (χ0) is 24.6. The number of nitrogens with one attached hydrogen (secondary N) is 2. The van der Waals surface area contributed by atoms with Gasteiger partial charge in [-0.15, -0.1) is 11.3 Å². The molecule has 0 aliphatic carbocycles. The van der Waals surface area contributed by atoms with Crippen molar-refractivity contribution >= 4 is 55.0 Å². The Bertz CT molecular complexity index is 1560. The lowest BCUT2D eigenvalue weighted by Gasteiger charge is -2.33. The van der Waals surface area contributed by atoms with Crippen molar-refractivity contribution in [2.24, 2.45) is 0 Å². The van der Waals surface area contributed by atoms with Gasteiger partial charge in [0.05, 0.1) is 46.3 Å². The lowest BCUT2D eigenvalue weighted by atomic mass is 10.0. The second-order valence-electron chi connectivity index (χ2n) is 8.68. The van der Waals surface area contributed by atoms with E-state index in [2.05, 4.69) is 42.4 Å².